The Balaban J connectivity index is 1.75. The minimum Gasteiger partial charge on any atom is -0.481 e. The maximum absolute atomic E-state index is 12.8. The van der Waals surface area contributed by atoms with Gasteiger partial charge in [0.2, 0.25) is 5.91 Å². The van der Waals surface area contributed by atoms with E-state index in [0.717, 1.165) is 25.7 Å². The van der Waals surface area contributed by atoms with Crippen LogP contribution in [0.1, 0.15) is 58.1 Å². The summed E-state index contributed by atoms with van der Waals surface area (Å²) < 4.78 is 6.77. The zero-order valence-electron chi connectivity index (χ0n) is 20.0. The summed E-state index contributed by atoms with van der Waals surface area (Å²) in [7, 11) is 1.64. The highest BCUT2D eigenvalue weighted by molar-refractivity contribution is 5.96. The number of carbonyl (C=O) groups excluding carboxylic acids is 2. The summed E-state index contributed by atoms with van der Waals surface area (Å²) in [5.41, 5.74) is 1.85. The molecule has 3 atom stereocenters. The van der Waals surface area contributed by atoms with Gasteiger partial charge in [0, 0.05) is 7.05 Å². The molecule has 0 aliphatic heterocycles. The Morgan fingerprint density at radius 3 is 2.56 bits per heavy atom. The molecule has 0 bridgehead atoms. The van der Waals surface area contributed by atoms with E-state index in [2.05, 4.69) is 25.9 Å². The zero-order chi connectivity index (χ0) is 24.8. The van der Waals surface area contributed by atoms with Crippen molar-refractivity contribution in [1.82, 2.24) is 20.0 Å². The lowest BCUT2D eigenvalue weighted by molar-refractivity contribution is -0.147. The van der Waals surface area contributed by atoms with Gasteiger partial charge in [0.15, 0.2) is 11.5 Å². The first kappa shape index (κ1) is 25.1. The molecule has 0 spiro atoms. The van der Waals surface area contributed by atoms with Crippen LogP contribution in [-0.2, 0) is 21.4 Å². The molecule has 11 nitrogen and oxygen atoms in total. The number of nitrogens with zero attached hydrogens (tertiary/aromatic N) is 4. The topological polar surface area (TPSA) is 148 Å². The van der Waals surface area contributed by atoms with Gasteiger partial charge >= 0.3 is 12.1 Å². The number of hydrogen-bond donors (Lipinski definition) is 3. The van der Waals surface area contributed by atoms with Crippen LogP contribution in [0.4, 0.5) is 16.3 Å². The summed E-state index contributed by atoms with van der Waals surface area (Å²) in [6, 6.07) is 3.35. The lowest BCUT2D eigenvalue weighted by Gasteiger charge is -2.27. The fraction of sp³-hybridized carbons (Fsp3) is 0.565. The molecule has 2 aromatic rings. The van der Waals surface area contributed by atoms with Crippen molar-refractivity contribution in [2.24, 2.45) is 18.9 Å². The molecule has 1 aliphatic carbocycles. The quantitative estimate of drug-likeness (QED) is 0.526. The predicted octanol–water partition coefficient (Wildman–Crippen LogP) is 3.75. The average Bonchev–Trinajstić information content (AvgIpc) is 3.15. The van der Waals surface area contributed by atoms with Gasteiger partial charge in [0.1, 0.15) is 6.10 Å². The summed E-state index contributed by atoms with van der Waals surface area (Å²) in [6.45, 7) is 5.58. The number of aliphatic carboxylic acids is 1. The molecule has 1 fully saturated rings. The van der Waals surface area contributed by atoms with E-state index in [1.165, 1.54) is 4.68 Å². The normalized spacial score (nSPS) is 18.7. The minimum atomic E-state index is -0.935. The molecular weight excluding hydrogens is 440 g/mol. The van der Waals surface area contributed by atoms with Gasteiger partial charge < -0.3 is 15.2 Å². The van der Waals surface area contributed by atoms with Crippen LogP contribution in [-0.4, -0.2) is 49.2 Å². The third kappa shape index (κ3) is 5.89. The molecule has 184 valence electrons. The Morgan fingerprint density at radius 1 is 1.21 bits per heavy atom. The Bertz CT molecular complexity index is 1050. The molecule has 1 saturated carbocycles. The second kappa shape index (κ2) is 11.1. The number of anilines is 2. The highest BCUT2D eigenvalue weighted by Gasteiger charge is 2.35. The standard InChI is InChI=1S/C23H32N6O5/c1-5-8-13(2)34-23(33)26-20-19(27-28-29(20)4)18-12-11-17(14(3)24-18)25-21(30)15-9-6-7-10-16(15)22(31)32/h11-13,15-16H,5-10H2,1-4H3,(H,25,30)(H,26,33)(H,31,32)/t13?,15-,16-/m0/s1. The number of ether oxygens (including phenoxy) is 1. The third-order valence-electron chi connectivity index (χ3n) is 6.06. The molecule has 1 unspecified atom stereocenters. The SMILES string of the molecule is CCCC(C)OC(=O)Nc1c(-c2ccc(NC(=O)[C@H]3CCCC[C@@H]3C(=O)O)c(C)n2)nnn1C. The number of amides is 2. The highest BCUT2D eigenvalue weighted by Crippen LogP contribution is 2.32. The van der Waals surface area contributed by atoms with E-state index < -0.39 is 23.9 Å². The van der Waals surface area contributed by atoms with E-state index in [4.69, 9.17) is 4.74 Å². The molecule has 0 radical (unpaired) electrons. The zero-order valence-corrected chi connectivity index (χ0v) is 20.0. The summed E-state index contributed by atoms with van der Waals surface area (Å²) in [5, 5.41) is 23.1. The van der Waals surface area contributed by atoms with E-state index in [1.54, 1.807) is 26.1 Å². The first-order valence-corrected chi connectivity index (χ1v) is 11.6. The van der Waals surface area contributed by atoms with Crippen LogP contribution < -0.4 is 10.6 Å². The molecule has 0 saturated heterocycles. The molecule has 3 rings (SSSR count). The number of pyridine rings is 1. The molecule has 3 N–H and O–H groups in total. The highest BCUT2D eigenvalue weighted by atomic mass is 16.6. The lowest BCUT2D eigenvalue weighted by atomic mass is 9.78. The Hall–Kier alpha value is -3.50. The largest absolute Gasteiger partial charge is 0.481 e. The fourth-order valence-corrected chi connectivity index (χ4v) is 4.23. The van der Waals surface area contributed by atoms with Gasteiger partial charge in [-0.3, -0.25) is 14.9 Å². The number of aryl methyl sites for hydroxylation is 2. The van der Waals surface area contributed by atoms with E-state index in [-0.39, 0.29) is 12.0 Å². The lowest BCUT2D eigenvalue weighted by Crippen LogP contribution is -2.36. The number of aromatic nitrogens is 4. The summed E-state index contributed by atoms with van der Waals surface area (Å²) in [5.74, 6) is -2.15. The van der Waals surface area contributed by atoms with Crippen molar-refractivity contribution < 1.29 is 24.2 Å². The average molecular weight is 473 g/mol. The van der Waals surface area contributed by atoms with Crippen LogP contribution in [0.25, 0.3) is 11.4 Å². The monoisotopic (exact) mass is 472 g/mol. The second-order valence-electron chi connectivity index (χ2n) is 8.69. The molecule has 2 heterocycles. The Morgan fingerprint density at radius 2 is 1.91 bits per heavy atom. The number of carboxylic acids is 1. The molecular formula is C23H32N6O5. The van der Waals surface area contributed by atoms with Crippen LogP contribution in [0.2, 0.25) is 0 Å². The Kier molecular flexibility index (Phi) is 8.19. The van der Waals surface area contributed by atoms with Gasteiger partial charge in [-0.05, 0) is 45.2 Å². The number of carboxylic acid groups (broad SMARTS) is 1. The van der Waals surface area contributed by atoms with Crippen molar-refractivity contribution >= 4 is 29.5 Å². The first-order chi connectivity index (χ1) is 16.2. The van der Waals surface area contributed by atoms with Gasteiger partial charge in [0.05, 0.1) is 28.9 Å². The molecule has 2 amide bonds. The van der Waals surface area contributed by atoms with Crippen LogP contribution in [0.3, 0.4) is 0 Å². The van der Waals surface area contributed by atoms with Crippen molar-refractivity contribution in [3.8, 4) is 11.4 Å². The van der Waals surface area contributed by atoms with Gasteiger partial charge in [-0.2, -0.15) is 0 Å². The molecule has 34 heavy (non-hydrogen) atoms. The van der Waals surface area contributed by atoms with E-state index in [0.29, 0.717) is 41.4 Å². The van der Waals surface area contributed by atoms with Crippen LogP contribution in [0.5, 0.6) is 0 Å². The molecule has 2 aromatic heterocycles. The van der Waals surface area contributed by atoms with E-state index in [1.807, 2.05) is 13.8 Å². The minimum absolute atomic E-state index is 0.220. The number of rotatable bonds is 8. The van der Waals surface area contributed by atoms with Crippen molar-refractivity contribution in [1.29, 1.82) is 0 Å². The summed E-state index contributed by atoms with van der Waals surface area (Å²) in [6.07, 6.45) is 3.54. The molecule has 11 heteroatoms. The molecule has 1 aliphatic rings. The van der Waals surface area contributed by atoms with E-state index in [9.17, 15) is 19.5 Å². The van der Waals surface area contributed by atoms with Gasteiger partial charge in [-0.25, -0.2) is 14.5 Å². The van der Waals surface area contributed by atoms with Crippen molar-refractivity contribution in [2.45, 2.75) is 65.4 Å². The number of carbonyl (C=O) groups is 3. The van der Waals surface area contributed by atoms with Crippen LogP contribution >= 0.6 is 0 Å². The summed E-state index contributed by atoms with van der Waals surface area (Å²) in [4.78, 5) is 41.2. The van der Waals surface area contributed by atoms with Crippen molar-refractivity contribution in [3.63, 3.8) is 0 Å². The predicted molar refractivity (Wildman–Crippen MR) is 125 cm³/mol. The molecule has 0 aromatic carbocycles. The number of hydrogen-bond acceptors (Lipinski definition) is 7. The number of nitrogens with one attached hydrogen (secondary N) is 2. The van der Waals surface area contributed by atoms with Crippen molar-refractivity contribution in [3.05, 3.63) is 17.8 Å². The van der Waals surface area contributed by atoms with Crippen LogP contribution in [0, 0.1) is 18.8 Å². The Labute approximate surface area is 198 Å². The second-order valence-corrected chi connectivity index (χ2v) is 8.69. The maximum atomic E-state index is 12.8. The van der Waals surface area contributed by atoms with E-state index >= 15 is 0 Å². The van der Waals surface area contributed by atoms with Crippen molar-refractivity contribution in [2.75, 3.05) is 10.6 Å². The third-order valence-corrected chi connectivity index (χ3v) is 6.06. The fourth-order valence-electron chi connectivity index (χ4n) is 4.23. The summed E-state index contributed by atoms with van der Waals surface area (Å²) >= 11 is 0. The van der Waals surface area contributed by atoms with Crippen LogP contribution in [0.15, 0.2) is 12.1 Å². The smallest absolute Gasteiger partial charge is 0.413 e. The van der Waals surface area contributed by atoms with Gasteiger partial charge in [-0.1, -0.05) is 31.4 Å². The van der Waals surface area contributed by atoms with Gasteiger partial charge in [-0.15, -0.1) is 5.10 Å². The maximum Gasteiger partial charge on any atom is 0.413 e. The van der Waals surface area contributed by atoms with Gasteiger partial charge in [0.25, 0.3) is 0 Å². The first-order valence-electron chi connectivity index (χ1n) is 11.6.